The first-order valence-electron chi connectivity index (χ1n) is 7.65. The van der Waals surface area contributed by atoms with Crippen molar-refractivity contribution in [2.45, 2.75) is 6.92 Å². The predicted molar refractivity (Wildman–Crippen MR) is 90.6 cm³/mol. The highest BCUT2D eigenvalue weighted by Crippen LogP contribution is 2.27. The van der Waals surface area contributed by atoms with Gasteiger partial charge in [-0.1, -0.05) is 35.0 Å². The van der Waals surface area contributed by atoms with E-state index < -0.39 is 0 Å². The largest absolute Gasteiger partial charge is 0.413 e. The molecule has 124 valence electrons. The summed E-state index contributed by atoms with van der Waals surface area (Å²) in [4.78, 5) is 11.5. The van der Waals surface area contributed by atoms with Gasteiger partial charge in [0.1, 0.15) is 5.69 Å². The van der Waals surface area contributed by atoms with Crippen LogP contribution in [0, 0.1) is 6.92 Å². The molecule has 0 aliphatic carbocycles. The van der Waals surface area contributed by atoms with Gasteiger partial charge in [0.15, 0.2) is 0 Å². The summed E-state index contributed by atoms with van der Waals surface area (Å²) in [5.74, 6) is 0.924. The van der Waals surface area contributed by atoms with E-state index in [1.54, 1.807) is 25.4 Å². The zero-order chi connectivity index (χ0) is 17.4. The molecule has 4 aromatic rings. The number of aryl methyl sites for hydroxylation is 2. The number of aromatic nitrogens is 4. The van der Waals surface area contributed by atoms with Crippen LogP contribution in [0.2, 0.25) is 0 Å². The number of pyridine rings is 1. The molecular weight excluding hydrogens is 320 g/mol. The Morgan fingerprint density at radius 2 is 1.68 bits per heavy atom. The van der Waals surface area contributed by atoms with Gasteiger partial charge in [-0.15, -0.1) is 10.2 Å². The normalized spacial score (nSPS) is 11.0. The molecule has 0 spiro atoms. The Kier molecular flexibility index (Phi) is 3.53. The highest BCUT2D eigenvalue weighted by atomic mass is 16.5. The Morgan fingerprint density at radius 1 is 0.960 bits per heavy atom. The number of rotatable bonds is 3. The molecule has 0 unspecified atom stereocenters. The van der Waals surface area contributed by atoms with E-state index in [9.17, 15) is 4.79 Å². The van der Waals surface area contributed by atoms with E-state index in [1.165, 1.54) is 16.2 Å². The molecule has 1 aromatic carbocycles. The lowest BCUT2D eigenvalue weighted by molar-refractivity contribution is 0.418. The zero-order valence-corrected chi connectivity index (χ0v) is 13.6. The molecule has 0 aliphatic rings. The van der Waals surface area contributed by atoms with Crippen LogP contribution in [0.4, 0.5) is 0 Å². The molecular formula is C18H14N4O3. The van der Waals surface area contributed by atoms with Gasteiger partial charge in [0.2, 0.25) is 17.2 Å². The summed E-state index contributed by atoms with van der Waals surface area (Å²) in [6.07, 6.45) is 1.64. The molecule has 4 rings (SSSR count). The number of benzene rings is 1. The van der Waals surface area contributed by atoms with E-state index in [1.807, 2.05) is 31.2 Å². The van der Waals surface area contributed by atoms with Gasteiger partial charge in [-0.2, -0.15) is 0 Å². The Labute approximate surface area is 142 Å². The average molecular weight is 334 g/mol. The van der Waals surface area contributed by atoms with Crippen molar-refractivity contribution in [2.24, 2.45) is 7.05 Å². The molecule has 7 nitrogen and oxygen atoms in total. The van der Waals surface area contributed by atoms with E-state index >= 15 is 0 Å². The second-order valence-electron chi connectivity index (χ2n) is 5.72. The highest BCUT2D eigenvalue weighted by Gasteiger charge is 2.16. The highest BCUT2D eigenvalue weighted by molar-refractivity contribution is 5.64. The molecule has 0 saturated heterocycles. The first-order chi connectivity index (χ1) is 12.1. The van der Waals surface area contributed by atoms with E-state index in [0.29, 0.717) is 22.9 Å². The summed E-state index contributed by atoms with van der Waals surface area (Å²) in [6.45, 7) is 2.03. The Morgan fingerprint density at radius 3 is 2.44 bits per heavy atom. The maximum atomic E-state index is 11.5. The Hall–Kier alpha value is -3.48. The van der Waals surface area contributed by atoms with Crippen LogP contribution in [0.25, 0.3) is 34.4 Å². The summed E-state index contributed by atoms with van der Waals surface area (Å²) in [7, 11) is 1.66. The van der Waals surface area contributed by atoms with Crippen LogP contribution in [0.15, 0.2) is 62.4 Å². The molecule has 0 fully saturated rings. The predicted octanol–water partition coefficient (Wildman–Crippen LogP) is 3.07. The van der Waals surface area contributed by atoms with Crippen molar-refractivity contribution in [3.8, 4) is 34.4 Å². The van der Waals surface area contributed by atoms with Crippen molar-refractivity contribution in [1.29, 1.82) is 0 Å². The zero-order valence-electron chi connectivity index (χ0n) is 13.6. The van der Waals surface area contributed by atoms with E-state index in [-0.39, 0.29) is 11.4 Å². The molecule has 7 heteroatoms. The molecule has 0 N–H and O–H groups in total. The summed E-state index contributed by atoms with van der Waals surface area (Å²) < 4.78 is 12.4. The summed E-state index contributed by atoms with van der Waals surface area (Å²) in [5.41, 5.74) is 3.35. The third-order valence-electron chi connectivity index (χ3n) is 3.83. The number of nitrogens with zero attached hydrogens (tertiary/aromatic N) is 4. The van der Waals surface area contributed by atoms with Crippen LogP contribution in [0.3, 0.4) is 0 Å². The molecule has 0 aliphatic heterocycles. The summed E-state index contributed by atoms with van der Waals surface area (Å²) in [5, 5.41) is 12.1. The van der Waals surface area contributed by atoms with Crippen LogP contribution in [-0.2, 0) is 7.05 Å². The van der Waals surface area contributed by atoms with E-state index in [2.05, 4.69) is 15.4 Å². The Bertz CT molecular complexity index is 1090. The minimum Gasteiger partial charge on any atom is -0.413 e. The van der Waals surface area contributed by atoms with E-state index in [0.717, 1.165) is 5.56 Å². The van der Waals surface area contributed by atoms with Gasteiger partial charge in [0.05, 0.1) is 5.56 Å². The van der Waals surface area contributed by atoms with Gasteiger partial charge in [0, 0.05) is 30.9 Å². The smallest absolute Gasteiger partial charge is 0.286 e. The van der Waals surface area contributed by atoms with Gasteiger partial charge in [-0.05, 0) is 13.0 Å². The maximum absolute atomic E-state index is 11.5. The third-order valence-corrected chi connectivity index (χ3v) is 3.83. The topological polar surface area (TPSA) is 87.0 Å². The van der Waals surface area contributed by atoms with E-state index in [4.69, 9.17) is 8.94 Å². The fourth-order valence-electron chi connectivity index (χ4n) is 2.40. The SMILES string of the molecule is Cc1ccc(-c2cc(-c3nnc(-c4ccc(=O)n(C)c4)o3)on2)cc1. The molecule has 3 heterocycles. The maximum Gasteiger partial charge on any atom is 0.286 e. The lowest BCUT2D eigenvalue weighted by Gasteiger charge is -1.97. The third kappa shape index (κ3) is 2.87. The fraction of sp³-hybridized carbons (Fsp3) is 0.111. The average Bonchev–Trinajstić information content (AvgIpc) is 3.27. The van der Waals surface area contributed by atoms with Gasteiger partial charge in [-0.25, -0.2) is 0 Å². The van der Waals surface area contributed by atoms with Crippen molar-refractivity contribution < 1.29 is 8.94 Å². The van der Waals surface area contributed by atoms with Gasteiger partial charge in [-0.3, -0.25) is 4.79 Å². The van der Waals surface area contributed by atoms with Crippen molar-refractivity contribution in [1.82, 2.24) is 19.9 Å². The number of hydrogen-bond donors (Lipinski definition) is 0. The molecule has 0 saturated carbocycles. The standard InChI is InChI=1S/C18H14N4O3/c1-11-3-5-12(6-4-11)14-9-15(25-21-14)18-20-19-17(24-18)13-7-8-16(23)22(2)10-13/h3-10H,1-2H3. The van der Waals surface area contributed by atoms with Crippen LogP contribution in [0.5, 0.6) is 0 Å². The molecule has 0 radical (unpaired) electrons. The van der Waals surface area contributed by atoms with Crippen LogP contribution >= 0.6 is 0 Å². The van der Waals surface area contributed by atoms with Crippen molar-refractivity contribution in [2.75, 3.05) is 0 Å². The summed E-state index contributed by atoms with van der Waals surface area (Å²) >= 11 is 0. The first-order valence-corrected chi connectivity index (χ1v) is 7.65. The van der Waals surface area contributed by atoms with Gasteiger partial charge in [0.25, 0.3) is 5.89 Å². The monoisotopic (exact) mass is 334 g/mol. The fourth-order valence-corrected chi connectivity index (χ4v) is 2.40. The van der Waals surface area contributed by atoms with Crippen molar-refractivity contribution in [3.05, 3.63) is 64.6 Å². The molecule has 0 amide bonds. The minimum atomic E-state index is -0.110. The number of hydrogen-bond acceptors (Lipinski definition) is 6. The van der Waals surface area contributed by atoms with Crippen molar-refractivity contribution >= 4 is 0 Å². The second-order valence-corrected chi connectivity index (χ2v) is 5.72. The second kappa shape index (κ2) is 5.86. The van der Waals surface area contributed by atoms with Gasteiger partial charge >= 0.3 is 0 Å². The van der Waals surface area contributed by atoms with Crippen LogP contribution in [-0.4, -0.2) is 19.9 Å². The minimum absolute atomic E-state index is 0.110. The lowest BCUT2D eigenvalue weighted by Crippen LogP contribution is -2.13. The molecule has 0 bridgehead atoms. The molecule has 3 aromatic heterocycles. The lowest BCUT2D eigenvalue weighted by atomic mass is 10.1. The van der Waals surface area contributed by atoms with Crippen LogP contribution < -0.4 is 5.56 Å². The molecule has 25 heavy (non-hydrogen) atoms. The van der Waals surface area contributed by atoms with Crippen LogP contribution in [0.1, 0.15) is 5.56 Å². The van der Waals surface area contributed by atoms with Crippen molar-refractivity contribution in [3.63, 3.8) is 0 Å². The quantitative estimate of drug-likeness (QED) is 0.572. The molecule has 0 atom stereocenters. The summed E-state index contributed by atoms with van der Waals surface area (Å²) in [6, 6.07) is 12.8. The Balaban J connectivity index is 1.65. The first kappa shape index (κ1) is 15.1. The van der Waals surface area contributed by atoms with Gasteiger partial charge < -0.3 is 13.5 Å².